The molecule has 0 bridgehead atoms. The molecule has 1 aliphatic rings. The maximum Gasteiger partial charge on any atom is 0.203 e. The van der Waals surface area contributed by atoms with Crippen molar-refractivity contribution in [1.29, 1.82) is 5.26 Å². The van der Waals surface area contributed by atoms with Crippen molar-refractivity contribution in [2.75, 3.05) is 33.2 Å². The Morgan fingerprint density at radius 3 is 2.37 bits per heavy atom. The van der Waals surface area contributed by atoms with Gasteiger partial charge in [0.25, 0.3) is 0 Å². The zero-order valence-electron chi connectivity index (χ0n) is 16.0. The molecule has 0 spiro atoms. The first-order valence-corrected chi connectivity index (χ1v) is 8.81. The summed E-state index contributed by atoms with van der Waals surface area (Å²) >= 11 is 0. The van der Waals surface area contributed by atoms with Crippen molar-refractivity contribution < 1.29 is 14.2 Å². The van der Waals surface area contributed by atoms with Crippen molar-refractivity contribution in [2.45, 2.75) is 19.8 Å². The van der Waals surface area contributed by atoms with Crippen LogP contribution in [0.2, 0.25) is 0 Å². The Hall–Kier alpha value is -3.20. The molecule has 0 unspecified atom stereocenters. The fourth-order valence-electron chi connectivity index (χ4n) is 3.37. The highest BCUT2D eigenvalue weighted by atomic mass is 16.5. The minimum Gasteiger partial charge on any atom is -0.493 e. The van der Waals surface area contributed by atoms with Crippen LogP contribution in [-0.2, 0) is 12.8 Å². The van der Waals surface area contributed by atoms with E-state index in [4.69, 9.17) is 19.2 Å². The normalized spacial score (nSPS) is 12.0. The average Bonchev–Trinajstić information content (AvgIpc) is 3.10. The lowest BCUT2D eigenvalue weighted by atomic mass is 10.0. The molecule has 1 aromatic heterocycles. The van der Waals surface area contributed by atoms with Crippen LogP contribution in [0.1, 0.15) is 29.4 Å². The van der Waals surface area contributed by atoms with E-state index < -0.39 is 0 Å². The molecule has 1 N–H and O–H groups in total. The Morgan fingerprint density at radius 1 is 1.11 bits per heavy atom. The van der Waals surface area contributed by atoms with Gasteiger partial charge in [0.05, 0.1) is 38.7 Å². The van der Waals surface area contributed by atoms with Gasteiger partial charge in [-0.3, -0.25) is 4.98 Å². The van der Waals surface area contributed by atoms with Gasteiger partial charge in [-0.05, 0) is 30.7 Å². The summed E-state index contributed by atoms with van der Waals surface area (Å²) in [5, 5.41) is 12.7. The van der Waals surface area contributed by atoms with Gasteiger partial charge in [0, 0.05) is 36.3 Å². The topological polar surface area (TPSA) is 76.4 Å². The molecule has 6 nitrogen and oxygen atoms in total. The Bertz CT molecular complexity index is 904. The predicted octanol–water partition coefficient (Wildman–Crippen LogP) is 3.59. The Morgan fingerprint density at radius 2 is 1.81 bits per heavy atom. The number of benzene rings is 1. The minimum atomic E-state index is 0.571. The number of nitrogens with zero attached hydrogens (tertiary/aromatic N) is 2. The maximum atomic E-state index is 9.36. The zero-order chi connectivity index (χ0) is 19.4. The number of hydrogen-bond donors (Lipinski definition) is 1. The van der Waals surface area contributed by atoms with Crippen molar-refractivity contribution in [3.05, 3.63) is 46.8 Å². The molecule has 1 aromatic carbocycles. The van der Waals surface area contributed by atoms with Crippen molar-refractivity contribution in [3.8, 4) is 23.3 Å². The van der Waals surface area contributed by atoms with E-state index in [1.54, 1.807) is 21.3 Å². The largest absolute Gasteiger partial charge is 0.493 e. The zero-order valence-corrected chi connectivity index (χ0v) is 16.0. The molecule has 3 rings (SSSR count). The van der Waals surface area contributed by atoms with E-state index in [1.165, 1.54) is 0 Å². The van der Waals surface area contributed by atoms with Crippen LogP contribution in [0.4, 0.5) is 5.69 Å². The first-order valence-electron chi connectivity index (χ1n) is 8.81. The Balaban J connectivity index is 2.00. The summed E-state index contributed by atoms with van der Waals surface area (Å²) in [4.78, 5) is 4.79. The molecule has 27 heavy (non-hydrogen) atoms. The molecule has 0 amide bonds. The molecule has 0 atom stereocenters. The fraction of sp³-hybridized carbons (Fsp3) is 0.333. The van der Waals surface area contributed by atoms with Crippen LogP contribution in [0, 0.1) is 11.3 Å². The van der Waals surface area contributed by atoms with E-state index in [0.717, 1.165) is 34.7 Å². The maximum absolute atomic E-state index is 9.36. The fourth-order valence-corrected chi connectivity index (χ4v) is 3.37. The molecule has 6 heteroatoms. The van der Waals surface area contributed by atoms with Crippen LogP contribution in [0.3, 0.4) is 0 Å². The molecule has 0 saturated heterocycles. The average molecular weight is 365 g/mol. The van der Waals surface area contributed by atoms with Crippen LogP contribution in [-0.4, -0.2) is 32.9 Å². The first-order chi connectivity index (χ1) is 13.1. The molecule has 0 fully saturated rings. The Kier molecular flexibility index (Phi) is 5.51. The quantitative estimate of drug-likeness (QED) is 0.808. The second-order valence-corrected chi connectivity index (χ2v) is 6.16. The molecular formula is C21H23N3O3. The summed E-state index contributed by atoms with van der Waals surface area (Å²) in [5.41, 5.74) is 5.43. The molecular weight excluding hydrogens is 342 g/mol. The first kappa shape index (κ1) is 18.6. The number of hydrogen-bond acceptors (Lipinski definition) is 6. The molecule has 0 aliphatic heterocycles. The van der Waals surface area contributed by atoms with Crippen LogP contribution < -0.4 is 19.5 Å². The second kappa shape index (κ2) is 8.00. The smallest absolute Gasteiger partial charge is 0.203 e. The number of allylic oxidation sites excluding steroid dienone is 2. The summed E-state index contributed by atoms with van der Waals surface area (Å²) in [6, 6.07) is 8.15. The van der Waals surface area contributed by atoms with Gasteiger partial charge < -0.3 is 19.5 Å². The monoisotopic (exact) mass is 365 g/mol. The van der Waals surface area contributed by atoms with Crippen LogP contribution in [0.15, 0.2) is 24.3 Å². The lowest BCUT2D eigenvalue weighted by Gasteiger charge is -2.15. The molecule has 0 saturated carbocycles. The number of rotatable bonds is 7. The number of ether oxygens (including phenoxy) is 3. The van der Waals surface area contributed by atoms with Gasteiger partial charge in [0.15, 0.2) is 11.5 Å². The summed E-state index contributed by atoms with van der Waals surface area (Å²) < 4.78 is 16.3. The van der Waals surface area contributed by atoms with Crippen LogP contribution in [0.5, 0.6) is 17.2 Å². The number of nitrogens with one attached hydrogen (secondary N) is 1. The highest BCUT2D eigenvalue weighted by molar-refractivity contribution is 5.88. The van der Waals surface area contributed by atoms with Gasteiger partial charge in [0.1, 0.15) is 0 Å². The number of pyridine rings is 1. The van der Waals surface area contributed by atoms with Gasteiger partial charge in [-0.1, -0.05) is 6.08 Å². The van der Waals surface area contributed by atoms with Gasteiger partial charge in [-0.15, -0.1) is 0 Å². The lowest BCUT2D eigenvalue weighted by molar-refractivity contribution is 0.324. The summed E-state index contributed by atoms with van der Waals surface area (Å²) in [7, 11) is 4.80. The Labute approximate surface area is 159 Å². The van der Waals surface area contributed by atoms with Crippen molar-refractivity contribution in [3.63, 3.8) is 0 Å². The van der Waals surface area contributed by atoms with Crippen LogP contribution >= 0.6 is 0 Å². The van der Waals surface area contributed by atoms with E-state index in [1.807, 2.05) is 31.2 Å². The van der Waals surface area contributed by atoms with Gasteiger partial charge in [0.2, 0.25) is 5.75 Å². The molecule has 0 radical (unpaired) electrons. The number of nitriles is 1. The van der Waals surface area contributed by atoms with Crippen molar-refractivity contribution in [1.82, 2.24) is 4.98 Å². The van der Waals surface area contributed by atoms with Crippen molar-refractivity contribution in [2.24, 2.45) is 0 Å². The van der Waals surface area contributed by atoms with E-state index in [9.17, 15) is 5.26 Å². The summed E-state index contributed by atoms with van der Waals surface area (Å²) in [6.45, 7) is 2.81. The van der Waals surface area contributed by atoms with Crippen LogP contribution in [0.25, 0.3) is 5.57 Å². The van der Waals surface area contributed by atoms with E-state index in [-0.39, 0.29) is 0 Å². The lowest BCUT2D eigenvalue weighted by Crippen LogP contribution is -2.06. The molecule has 1 heterocycles. The predicted molar refractivity (Wildman–Crippen MR) is 105 cm³/mol. The van der Waals surface area contributed by atoms with E-state index in [0.29, 0.717) is 35.7 Å². The third kappa shape index (κ3) is 3.54. The second-order valence-electron chi connectivity index (χ2n) is 6.16. The van der Waals surface area contributed by atoms with Gasteiger partial charge in [-0.2, -0.15) is 5.26 Å². The third-order valence-electron chi connectivity index (χ3n) is 4.51. The number of aromatic nitrogens is 1. The van der Waals surface area contributed by atoms with Crippen molar-refractivity contribution >= 4 is 11.3 Å². The highest BCUT2D eigenvalue weighted by Crippen LogP contribution is 2.39. The standard InChI is InChI=1S/C21H23N3O3/c1-5-23-17-11-15(24-16-7-6-14(12-22)20(16)17)8-13-9-18(25-2)21(27-4)19(10-13)26-3/h6,9-11H,5,7-8H2,1-4H3,(H,23,24). The van der Waals surface area contributed by atoms with Gasteiger partial charge in [-0.25, -0.2) is 0 Å². The molecule has 2 aromatic rings. The van der Waals surface area contributed by atoms with E-state index in [2.05, 4.69) is 11.4 Å². The van der Waals surface area contributed by atoms with Gasteiger partial charge >= 0.3 is 0 Å². The molecule has 140 valence electrons. The highest BCUT2D eigenvalue weighted by Gasteiger charge is 2.21. The summed E-state index contributed by atoms with van der Waals surface area (Å²) in [6.07, 6.45) is 3.23. The number of methoxy groups -OCH3 is 3. The van der Waals surface area contributed by atoms with E-state index >= 15 is 0 Å². The molecule has 1 aliphatic carbocycles. The SMILES string of the molecule is CCNc1cc(Cc2cc(OC)c(OC)c(OC)c2)nc2c1C(C#N)=CC2. The number of fused-ring (bicyclic) bond motifs is 1. The minimum absolute atomic E-state index is 0.571. The summed E-state index contributed by atoms with van der Waals surface area (Å²) in [5.74, 6) is 1.81. The third-order valence-corrected chi connectivity index (χ3v) is 4.51. The number of anilines is 1.